The first-order valence-electron chi connectivity index (χ1n) is 8.89. The Kier molecular flexibility index (Phi) is 6.16. The van der Waals surface area contributed by atoms with E-state index in [1.807, 2.05) is 37.3 Å². The molecule has 0 radical (unpaired) electrons. The number of fused-ring (bicyclic) bond motifs is 1. The highest BCUT2D eigenvalue weighted by Crippen LogP contribution is 2.28. The molecule has 0 aliphatic rings. The summed E-state index contributed by atoms with van der Waals surface area (Å²) >= 11 is 1.41. The van der Waals surface area contributed by atoms with Crippen molar-refractivity contribution in [3.05, 3.63) is 61.2 Å². The van der Waals surface area contributed by atoms with Crippen molar-refractivity contribution in [1.82, 2.24) is 9.55 Å². The second-order valence-corrected chi connectivity index (χ2v) is 7.60. The minimum Gasteiger partial charge on any atom is -0.326 e. The molecule has 7 heteroatoms. The molecule has 28 heavy (non-hydrogen) atoms. The highest BCUT2D eigenvalue weighted by molar-refractivity contribution is 8.00. The normalized spacial score (nSPS) is 11.8. The largest absolute Gasteiger partial charge is 0.326 e. The predicted octanol–water partition coefficient (Wildman–Crippen LogP) is 4.30. The van der Waals surface area contributed by atoms with Gasteiger partial charge in [-0.1, -0.05) is 30.0 Å². The van der Waals surface area contributed by atoms with E-state index in [0.717, 1.165) is 16.2 Å². The number of aromatic nitrogens is 2. The van der Waals surface area contributed by atoms with Gasteiger partial charge in [0, 0.05) is 24.8 Å². The number of imidazole rings is 1. The van der Waals surface area contributed by atoms with Crippen molar-refractivity contribution in [2.75, 3.05) is 10.6 Å². The van der Waals surface area contributed by atoms with Gasteiger partial charge in [0.1, 0.15) is 0 Å². The predicted molar refractivity (Wildman–Crippen MR) is 115 cm³/mol. The Balaban J connectivity index is 1.70. The lowest BCUT2D eigenvalue weighted by Gasteiger charge is -2.13. The zero-order chi connectivity index (χ0) is 20.1. The minimum atomic E-state index is -0.338. The zero-order valence-corrected chi connectivity index (χ0v) is 16.6. The number of carbonyl (C=O) groups is 2. The number of amides is 2. The monoisotopic (exact) mass is 394 g/mol. The van der Waals surface area contributed by atoms with Crippen LogP contribution in [0, 0.1) is 0 Å². The van der Waals surface area contributed by atoms with Crippen LogP contribution in [-0.4, -0.2) is 26.6 Å². The molecule has 0 saturated heterocycles. The Morgan fingerprint density at radius 3 is 2.43 bits per heavy atom. The van der Waals surface area contributed by atoms with Crippen LogP contribution >= 0.6 is 11.8 Å². The Morgan fingerprint density at radius 1 is 1.14 bits per heavy atom. The number of anilines is 2. The number of carbonyl (C=O) groups excluding carboxylic acids is 2. The average Bonchev–Trinajstić information content (AvgIpc) is 3.00. The zero-order valence-electron chi connectivity index (χ0n) is 15.8. The van der Waals surface area contributed by atoms with Crippen molar-refractivity contribution in [3.8, 4) is 0 Å². The molecule has 1 atom stereocenters. The smallest absolute Gasteiger partial charge is 0.237 e. The van der Waals surface area contributed by atoms with Crippen LogP contribution in [0.2, 0.25) is 0 Å². The Hall–Kier alpha value is -3.06. The van der Waals surface area contributed by atoms with E-state index >= 15 is 0 Å². The molecule has 6 nitrogen and oxygen atoms in total. The quantitative estimate of drug-likeness (QED) is 0.463. The van der Waals surface area contributed by atoms with E-state index in [9.17, 15) is 9.59 Å². The SMILES string of the molecule is C=CCn1c(SC(C)C(=O)Nc2ccc(NC(C)=O)cc2)nc2ccccc21. The summed E-state index contributed by atoms with van der Waals surface area (Å²) in [5.74, 6) is -0.251. The number of thioether (sulfide) groups is 1. The molecule has 0 fully saturated rings. The van der Waals surface area contributed by atoms with Gasteiger partial charge in [0.05, 0.1) is 16.3 Å². The molecule has 3 aromatic rings. The Morgan fingerprint density at radius 2 is 1.79 bits per heavy atom. The molecule has 1 heterocycles. The van der Waals surface area contributed by atoms with E-state index in [1.165, 1.54) is 18.7 Å². The number of benzene rings is 2. The van der Waals surface area contributed by atoms with Gasteiger partial charge in [0.2, 0.25) is 11.8 Å². The summed E-state index contributed by atoms with van der Waals surface area (Å²) in [6.45, 7) is 7.75. The van der Waals surface area contributed by atoms with E-state index in [2.05, 4.69) is 26.8 Å². The number of hydrogen-bond donors (Lipinski definition) is 2. The molecule has 0 spiro atoms. The van der Waals surface area contributed by atoms with Crippen LogP contribution in [0.15, 0.2) is 66.3 Å². The van der Waals surface area contributed by atoms with Crippen molar-refractivity contribution >= 4 is 46.0 Å². The summed E-state index contributed by atoms with van der Waals surface area (Å²) in [4.78, 5) is 28.3. The molecule has 0 bridgehead atoms. The summed E-state index contributed by atoms with van der Waals surface area (Å²) in [5, 5.41) is 6.04. The molecular formula is C21H22N4O2S. The number of para-hydroxylation sites is 2. The van der Waals surface area contributed by atoms with Crippen LogP contribution in [0.3, 0.4) is 0 Å². The highest BCUT2D eigenvalue weighted by Gasteiger charge is 2.19. The first-order valence-corrected chi connectivity index (χ1v) is 9.77. The summed E-state index contributed by atoms with van der Waals surface area (Å²) in [7, 11) is 0. The first-order chi connectivity index (χ1) is 13.5. The molecule has 0 saturated carbocycles. The Bertz CT molecular complexity index is 1010. The lowest BCUT2D eigenvalue weighted by atomic mass is 10.2. The number of rotatable bonds is 7. The molecule has 1 aromatic heterocycles. The van der Waals surface area contributed by atoms with Gasteiger partial charge >= 0.3 is 0 Å². The fraction of sp³-hybridized carbons (Fsp3) is 0.190. The van der Waals surface area contributed by atoms with E-state index in [4.69, 9.17) is 0 Å². The molecule has 144 valence electrons. The standard InChI is InChI=1S/C21H22N4O2S/c1-4-13-25-19-8-6-5-7-18(19)24-21(25)28-14(2)20(27)23-17-11-9-16(10-12-17)22-15(3)26/h4-12,14H,1,13H2,2-3H3,(H,22,26)(H,23,27). The van der Waals surface area contributed by atoms with Crippen molar-refractivity contribution < 1.29 is 9.59 Å². The third kappa shape index (κ3) is 4.61. The summed E-state index contributed by atoms with van der Waals surface area (Å²) in [5.41, 5.74) is 3.27. The maximum Gasteiger partial charge on any atom is 0.237 e. The van der Waals surface area contributed by atoms with Gasteiger partial charge in [-0.3, -0.25) is 9.59 Å². The van der Waals surface area contributed by atoms with Crippen LogP contribution in [-0.2, 0) is 16.1 Å². The van der Waals surface area contributed by atoms with Crippen LogP contribution in [0.4, 0.5) is 11.4 Å². The topological polar surface area (TPSA) is 76.0 Å². The third-order valence-corrected chi connectivity index (χ3v) is 5.15. The fourth-order valence-corrected chi connectivity index (χ4v) is 3.68. The van der Waals surface area contributed by atoms with Gasteiger partial charge in [0.15, 0.2) is 5.16 Å². The lowest BCUT2D eigenvalue weighted by molar-refractivity contribution is -0.115. The molecule has 0 aliphatic heterocycles. The van der Waals surface area contributed by atoms with E-state index in [1.54, 1.807) is 24.3 Å². The van der Waals surface area contributed by atoms with Gasteiger partial charge < -0.3 is 15.2 Å². The van der Waals surface area contributed by atoms with Crippen LogP contribution < -0.4 is 10.6 Å². The summed E-state index contributed by atoms with van der Waals surface area (Å²) in [6.07, 6.45) is 1.82. The molecule has 0 aliphatic carbocycles. The van der Waals surface area contributed by atoms with Crippen LogP contribution in [0.1, 0.15) is 13.8 Å². The van der Waals surface area contributed by atoms with E-state index < -0.39 is 0 Å². The molecular weight excluding hydrogens is 372 g/mol. The van der Waals surface area contributed by atoms with Gasteiger partial charge in [-0.05, 0) is 43.3 Å². The molecule has 3 rings (SSSR count). The summed E-state index contributed by atoms with van der Waals surface area (Å²) in [6, 6.07) is 14.9. The fourth-order valence-electron chi connectivity index (χ4n) is 2.74. The van der Waals surface area contributed by atoms with Crippen molar-refractivity contribution in [2.45, 2.75) is 30.8 Å². The number of hydrogen-bond acceptors (Lipinski definition) is 4. The van der Waals surface area contributed by atoms with E-state index in [0.29, 0.717) is 17.9 Å². The van der Waals surface area contributed by atoms with Gasteiger partial charge in [-0.25, -0.2) is 4.98 Å². The van der Waals surface area contributed by atoms with Gasteiger partial charge in [-0.15, -0.1) is 6.58 Å². The van der Waals surface area contributed by atoms with Crippen molar-refractivity contribution in [2.24, 2.45) is 0 Å². The van der Waals surface area contributed by atoms with Gasteiger partial charge in [-0.2, -0.15) is 0 Å². The molecule has 1 unspecified atom stereocenters. The van der Waals surface area contributed by atoms with Gasteiger partial charge in [0.25, 0.3) is 0 Å². The minimum absolute atomic E-state index is 0.116. The number of nitrogens with zero attached hydrogens (tertiary/aromatic N) is 2. The maximum atomic E-state index is 12.6. The molecule has 2 aromatic carbocycles. The maximum absolute atomic E-state index is 12.6. The number of nitrogens with one attached hydrogen (secondary N) is 2. The lowest BCUT2D eigenvalue weighted by Crippen LogP contribution is -2.23. The highest BCUT2D eigenvalue weighted by atomic mass is 32.2. The molecule has 2 N–H and O–H groups in total. The van der Waals surface area contributed by atoms with Crippen molar-refractivity contribution in [3.63, 3.8) is 0 Å². The average molecular weight is 395 g/mol. The Labute approximate surface area is 168 Å². The number of allylic oxidation sites excluding steroid dienone is 1. The van der Waals surface area contributed by atoms with E-state index in [-0.39, 0.29) is 17.1 Å². The second kappa shape index (κ2) is 8.75. The second-order valence-electron chi connectivity index (χ2n) is 6.29. The van der Waals surface area contributed by atoms with Crippen LogP contribution in [0.25, 0.3) is 11.0 Å². The molecule has 2 amide bonds. The summed E-state index contributed by atoms with van der Waals surface area (Å²) < 4.78 is 2.05. The van der Waals surface area contributed by atoms with Crippen molar-refractivity contribution in [1.29, 1.82) is 0 Å². The van der Waals surface area contributed by atoms with Crippen LogP contribution in [0.5, 0.6) is 0 Å². The first kappa shape index (κ1) is 19.7. The third-order valence-electron chi connectivity index (χ3n) is 4.06.